The maximum absolute atomic E-state index is 12.7. The van der Waals surface area contributed by atoms with Gasteiger partial charge in [0.25, 0.3) is 5.56 Å². The van der Waals surface area contributed by atoms with E-state index in [1.165, 1.54) is 12.3 Å². The van der Waals surface area contributed by atoms with Gasteiger partial charge in [-0.05, 0) is 29.8 Å². The summed E-state index contributed by atoms with van der Waals surface area (Å²) in [5.41, 5.74) is 1.30. The van der Waals surface area contributed by atoms with Gasteiger partial charge in [0.15, 0.2) is 0 Å². The van der Waals surface area contributed by atoms with Crippen LogP contribution in [0.3, 0.4) is 0 Å². The van der Waals surface area contributed by atoms with Crippen molar-refractivity contribution in [2.75, 3.05) is 0 Å². The van der Waals surface area contributed by atoms with Gasteiger partial charge < -0.3 is 9.51 Å². The third-order valence-corrected chi connectivity index (χ3v) is 4.44. The van der Waals surface area contributed by atoms with E-state index in [0.29, 0.717) is 15.9 Å². The van der Waals surface area contributed by atoms with E-state index in [4.69, 9.17) is 11.6 Å². The van der Waals surface area contributed by atoms with Crippen LogP contribution in [-0.2, 0) is 12.6 Å². The summed E-state index contributed by atoms with van der Waals surface area (Å²) in [5, 5.41) is 4.58. The monoisotopic (exact) mass is 406 g/mol. The molecule has 142 valence electrons. The van der Waals surface area contributed by atoms with E-state index < -0.39 is 17.6 Å². The van der Waals surface area contributed by atoms with Gasteiger partial charge in [-0.2, -0.15) is 18.2 Å². The molecular formula is C18H10ClF3N4O2. The van der Waals surface area contributed by atoms with E-state index in [1.807, 2.05) is 0 Å². The summed E-state index contributed by atoms with van der Waals surface area (Å²) in [6.07, 6.45) is -1.75. The number of aromatic amines is 1. The Bertz CT molecular complexity index is 1230. The van der Waals surface area contributed by atoms with E-state index in [-0.39, 0.29) is 23.4 Å². The molecule has 0 spiro atoms. The molecule has 4 aromatic rings. The van der Waals surface area contributed by atoms with Crippen LogP contribution in [0.15, 0.2) is 52.0 Å². The number of H-pyrrole nitrogens is 1. The normalized spacial score (nSPS) is 11.9. The summed E-state index contributed by atoms with van der Waals surface area (Å²) in [4.78, 5) is 22.4. The lowest BCUT2D eigenvalue weighted by Crippen LogP contribution is -2.14. The minimum absolute atomic E-state index is 0.128. The second-order valence-corrected chi connectivity index (χ2v) is 6.35. The Labute approximate surface area is 160 Å². The molecule has 3 heterocycles. The van der Waals surface area contributed by atoms with Crippen LogP contribution in [0.25, 0.3) is 22.3 Å². The van der Waals surface area contributed by atoms with Crippen LogP contribution < -0.4 is 5.56 Å². The van der Waals surface area contributed by atoms with Crippen LogP contribution >= 0.6 is 11.6 Å². The van der Waals surface area contributed by atoms with E-state index in [9.17, 15) is 18.0 Å². The Morgan fingerprint density at radius 2 is 2.00 bits per heavy atom. The molecule has 0 atom stereocenters. The standard InChI is InChI=1S/C18H10ClF3N4O2/c19-13-4-6-23-14-2-1-9(8-12(13)14)7-11-10(3-5-24-16(11)27)15-25-17(28-26-15)18(20,21)22/h1-6,8H,7H2,(H,24,27). The highest BCUT2D eigenvalue weighted by atomic mass is 35.5. The van der Waals surface area contributed by atoms with Gasteiger partial charge in [0.1, 0.15) is 0 Å². The highest BCUT2D eigenvalue weighted by Gasteiger charge is 2.38. The summed E-state index contributed by atoms with van der Waals surface area (Å²) in [7, 11) is 0. The van der Waals surface area contributed by atoms with Crippen molar-refractivity contribution in [1.29, 1.82) is 0 Å². The molecule has 3 aromatic heterocycles. The first-order valence-corrected chi connectivity index (χ1v) is 8.36. The molecule has 4 rings (SSSR count). The molecule has 6 nitrogen and oxygen atoms in total. The zero-order valence-corrected chi connectivity index (χ0v) is 14.7. The Morgan fingerprint density at radius 1 is 1.18 bits per heavy atom. The SMILES string of the molecule is O=c1[nH]ccc(-c2noc(C(F)(F)F)n2)c1Cc1ccc2nccc(Cl)c2c1. The zero-order valence-electron chi connectivity index (χ0n) is 13.9. The topological polar surface area (TPSA) is 84.7 Å². The van der Waals surface area contributed by atoms with Crippen LogP contribution in [0.5, 0.6) is 0 Å². The van der Waals surface area contributed by atoms with Crippen molar-refractivity contribution < 1.29 is 17.7 Å². The van der Waals surface area contributed by atoms with Crippen LogP contribution in [0, 0.1) is 0 Å². The molecule has 0 bridgehead atoms. The van der Waals surface area contributed by atoms with Gasteiger partial charge in [0, 0.05) is 35.3 Å². The van der Waals surface area contributed by atoms with Crippen LogP contribution in [0.2, 0.25) is 5.02 Å². The fourth-order valence-corrected chi connectivity index (χ4v) is 3.03. The number of hydrogen-bond acceptors (Lipinski definition) is 5. The van der Waals surface area contributed by atoms with Gasteiger partial charge in [-0.3, -0.25) is 9.78 Å². The summed E-state index contributed by atoms with van der Waals surface area (Å²) >= 11 is 6.19. The second-order valence-electron chi connectivity index (χ2n) is 5.94. The van der Waals surface area contributed by atoms with Gasteiger partial charge in [-0.1, -0.05) is 22.8 Å². The lowest BCUT2D eigenvalue weighted by atomic mass is 10.00. The minimum atomic E-state index is -4.77. The van der Waals surface area contributed by atoms with E-state index >= 15 is 0 Å². The highest BCUT2D eigenvalue weighted by molar-refractivity contribution is 6.35. The van der Waals surface area contributed by atoms with Crippen molar-refractivity contribution in [2.24, 2.45) is 0 Å². The molecule has 1 N–H and O–H groups in total. The minimum Gasteiger partial charge on any atom is -0.329 e. The fraction of sp³-hybridized carbons (Fsp3) is 0.111. The molecule has 0 saturated heterocycles. The van der Waals surface area contributed by atoms with Crippen molar-refractivity contribution in [2.45, 2.75) is 12.6 Å². The third kappa shape index (κ3) is 3.36. The zero-order chi connectivity index (χ0) is 19.9. The molecule has 10 heteroatoms. The summed E-state index contributed by atoms with van der Waals surface area (Å²) in [5.74, 6) is -1.79. The van der Waals surface area contributed by atoms with Gasteiger partial charge >= 0.3 is 12.1 Å². The highest BCUT2D eigenvalue weighted by Crippen LogP contribution is 2.30. The van der Waals surface area contributed by atoms with Crippen molar-refractivity contribution in [3.05, 3.63) is 75.1 Å². The first-order chi connectivity index (χ1) is 13.3. The fourth-order valence-electron chi connectivity index (χ4n) is 2.82. The predicted octanol–water partition coefficient (Wildman–Crippen LogP) is 4.24. The number of rotatable bonds is 3. The number of benzene rings is 1. The summed E-state index contributed by atoms with van der Waals surface area (Å²) in [6, 6.07) is 8.37. The Kier molecular flexibility index (Phi) is 4.38. The van der Waals surface area contributed by atoms with E-state index in [0.717, 1.165) is 5.56 Å². The van der Waals surface area contributed by atoms with Crippen molar-refractivity contribution in [3.63, 3.8) is 0 Å². The number of nitrogens with one attached hydrogen (secondary N) is 1. The molecule has 1 aromatic carbocycles. The Morgan fingerprint density at radius 3 is 2.75 bits per heavy atom. The van der Waals surface area contributed by atoms with Gasteiger partial charge in [0.2, 0.25) is 5.82 Å². The van der Waals surface area contributed by atoms with Crippen molar-refractivity contribution >= 4 is 22.5 Å². The van der Waals surface area contributed by atoms with E-state index in [1.54, 1.807) is 30.5 Å². The average molecular weight is 407 g/mol. The summed E-state index contributed by atoms with van der Waals surface area (Å²) < 4.78 is 42.5. The van der Waals surface area contributed by atoms with Crippen molar-refractivity contribution in [1.82, 2.24) is 20.1 Å². The molecule has 0 aliphatic rings. The maximum atomic E-state index is 12.7. The lowest BCUT2D eigenvalue weighted by molar-refractivity contribution is -0.159. The van der Waals surface area contributed by atoms with Gasteiger partial charge in [0.05, 0.1) is 10.5 Å². The number of hydrogen-bond donors (Lipinski definition) is 1. The van der Waals surface area contributed by atoms with E-state index in [2.05, 4.69) is 24.6 Å². The molecule has 0 radical (unpaired) electrons. The Hall–Kier alpha value is -3.20. The van der Waals surface area contributed by atoms with Gasteiger partial charge in [-0.25, -0.2) is 0 Å². The molecular weight excluding hydrogens is 397 g/mol. The van der Waals surface area contributed by atoms with Gasteiger partial charge in [-0.15, -0.1) is 0 Å². The van der Waals surface area contributed by atoms with Crippen LogP contribution in [0.1, 0.15) is 17.0 Å². The number of halogens is 4. The van der Waals surface area contributed by atoms with Crippen molar-refractivity contribution in [3.8, 4) is 11.4 Å². The molecule has 0 unspecified atom stereocenters. The molecule has 0 aliphatic carbocycles. The predicted molar refractivity (Wildman–Crippen MR) is 94.9 cm³/mol. The molecule has 0 amide bonds. The average Bonchev–Trinajstić information content (AvgIpc) is 3.14. The maximum Gasteiger partial charge on any atom is 0.471 e. The largest absolute Gasteiger partial charge is 0.471 e. The Balaban J connectivity index is 1.78. The first kappa shape index (κ1) is 18.2. The quantitative estimate of drug-likeness (QED) is 0.550. The third-order valence-electron chi connectivity index (χ3n) is 4.11. The van der Waals surface area contributed by atoms with Crippen LogP contribution in [0.4, 0.5) is 13.2 Å². The first-order valence-electron chi connectivity index (χ1n) is 7.98. The number of nitrogens with zero attached hydrogens (tertiary/aromatic N) is 3. The second kappa shape index (κ2) is 6.75. The smallest absolute Gasteiger partial charge is 0.329 e. The molecule has 28 heavy (non-hydrogen) atoms. The summed E-state index contributed by atoms with van der Waals surface area (Å²) in [6.45, 7) is 0. The number of aromatic nitrogens is 4. The number of pyridine rings is 2. The lowest BCUT2D eigenvalue weighted by Gasteiger charge is -2.07. The molecule has 0 saturated carbocycles. The molecule has 0 aliphatic heterocycles. The van der Waals surface area contributed by atoms with Crippen LogP contribution in [-0.4, -0.2) is 20.1 Å². The molecule has 0 fully saturated rings. The number of fused-ring (bicyclic) bond motifs is 1. The number of alkyl halides is 3.